The normalized spacial score (nSPS) is 14.4. The van der Waals surface area contributed by atoms with Gasteiger partial charge in [-0.15, -0.1) is 0 Å². The van der Waals surface area contributed by atoms with Crippen molar-refractivity contribution in [2.45, 2.75) is 19.9 Å². The Kier molecular flexibility index (Phi) is 4.91. The summed E-state index contributed by atoms with van der Waals surface area (Å²) in [5.41, 5.74) is 4.70. The van der Waals surface area contributed by atoms with Crippen molar-refractivity contribution in [1.29, 1.82) is 0 Å². The van der Waals surface area contributed by atoms with Gasteiger partial charge in [0.1, 0.15) is 11.6 Å². The summed E-state index contributed by atoms with van der Waals surface area (Å²) in [7, 11) is 3.03. The molecular weight excluding hydrogens is 471 g/mol. The maximum atomic E-state index is 15.4. The minimum absolute atomic E-state index is 0.0643. The lowest BCUT2D eigenvalue weighted by Gasteiger charge is -2.32. The molecule has 0 spiro atoms. The fraction of sp³-hybridized carbons (Fsp3) is 0.172. The van der Waals surface area contributed by atoms with Crippen molar-refractivity contribution in [2.75, 3.05) is 5.32 Å². The molecule has 186 valence electrons. The number of hydrogen-bond acceptors (Lipinski definition) is 4. The van der Waals surface area contributed by atoms with Crippen LogP contribution in [0.15, 0.2) is 70.3 Å². The predicted octanol–water partition coefficient (Wildman–Crippen LogP) is 4.67. The van der Waals surface area contributed by atoms with Gasteiger partial charge in [0, 0.05) is 25.2 Å². The van der Waals surface area contributed by atoms with Gasteiger partial charge in [0.15, 0.2) is 0 Å². The molecular formula is C29H25FN4O3. The van der Waals surface area contributed by atoms with E-state index in [-0.39, 0.29) is 16.7 Å². The standard InChI is InChI=1S/C29H25FN4O3/c1-15-13-20-21(14-16(15)2)34-25(17-9-5-7-11-19(17)30)23-26(32(3)29(37)33(4)28(23)36)27(34)24(31-20)18-10-6-8-12-22(18)35/h5-14,24,31,35H,1-4H3/t24-/m1/s1. The summed E-state index contributed by atoms with van der Waals surface area (Å²) in [5.74, 6) is -0.418. The summed E-state index contributed by atoms with van der Waals surface area (Å²) in [5, 5.41) is 14.6. The summed E-state index contributed by atoms with van der Waals surface area (Å²) in [6.07, 6.45) is 0. The van der Waals surface area contributed by atoms with Crippen LogP contribution in [0.1, 0.15) is 28.4 Å². The molecule has 8 heteroatoms. The summed E-state index contributed by atoms with van der Waals surface area (Å²) >= 11 is 0. The van der Waals surface area contributed by atoms with Crippen LogP contribution in [0.5, 0.6) is 5.75 Å². The Hall–Kier alpha value is -4.59. The highest BCUT2D eigenvalue weighted by molar-refractivity contribution is 5.99. The summed E-state index contributed by atoms with van der Waals surface area (Å²) < 4.78 is 19.8. The van der Waals surface area contributed by atoms with Crippen LogP contribution < -0.4 is 16.6 Å². The van der Waals surface area contributed by atoms with Crippen LogP contribution in [0, 0.1) is 19.7 Å². The number of rotatable bonds is 2. The Morgan fingerprint density at radius 1 is 0.919 bits per heavy atom. The number of aryl methyl sites for hydroxylation is 3. The van der Waals surface area contributed by atoms with E-state index in [2.05, 4.69) is 5.32 Å². The lowest BCUT2D eigenvalue weighted by Crippen LogP contribution is -2.37. The number of halogens is 1. The number of benzene rings is 3. The van der Waals surface area contributed by atoms with E-state index in [4.69, 9.17) is 0 Å². The molecule has 0 radical (unpaired) electrons. The van der Waals surface area contributed by atoms with Crippen molar-refractivity contribution in [3.8, 4) is 22.7 Å². The number of phenols is 1. The maximum Gasteiger partial charge on any atom is 0.331 e. The van der Waals surface area contributed by atoms with Gasteiger partial charge in [-0.05, 0) is 55.3 Å². The average molecular weight is 497 g/mol. The molecule has 3 heterocycles. The monoisotopic (exact) mass is 496 g/mol. The Labute approximate surface area is 211 Å². The molecule has 0 saturated heterocycles. The third-order valence-corrected chi connectivity index (χ3v) is 7.41. The molecule has 0 saturated carbocycles. The Morgan fingerprint density at radius 3 is 2.32 bits per heavy atom. The number of aromatic hydroxyl groups is 1. The van der Waals surface area contributed by atoms with Crippen molar-refractivity contribution in [1.82, 2.24) is 13.7 Å². The molecule has 5 aromatic rings. The number of fused-ring (bicyclic) bond motifs is 5. The molecule has 2 N–H and O–H groups in total. The number of hydrogen-bond donors (Lipinski definition) is 2. The molecule has 1 atom stereocenters. The van der Waals surface area contributed by atoms with E-state index in [0.717, 1.165) is 27.1 Å². The number of aromatic nitrogens is 3. The van der Waals surface area contributed by atoms with Gasteiger partial charge in [-0.3, -0.25) is 13.9 Å². The van der Waals surface area contributed by atoms with Crippen LogP contribution in [-0.2, 0) is 14.1 Å². The van der Waals surface area contributed by atoms with Crippen molar-refractivity contribution in [3.05, 3.63) is 110 Å². The Balaban J connectivity index is 1.91. The highest BCUT2D eigenvalue weighted by Crippen LogP contribution is 2.47. The Bertz CT molecular complexity index is 1880. The van der Waals surface area contributed by atoms with E-state index in [1.807, 2.05) is 36.6 Å². The molecule has 37 heavy (non-hydrogen) atoms. The zero-order chi connectivity index (χ0) is 26.2. The molecule has 7 nitrogen and oxygen atoms in total. The van der Waals surface area contributed by atoms with E-state index in [1.165, 1.54) is 17.7 Å². The zero-order valence-electron chi connectivity index (χ0n) is 20.8. The summed E-state index contributed by atoms with van der Waals surface area (Å²) in [6, 6.07) is 16.6. The number of para-hydroxylation sites is 1. The van der Waals surface area contributed by atoms with E-state index in [9.17, 15) is 14.7 Å². The van der Waals surface area contributed by atoms with Crippen molar-refractivity contribution in [2.24, 2.45) is 14.1 Å². The molecule has 1 aliphatic heterocycles. The van der Waals surface area contributed by atoms with Crippen LogP contribution in [0.4, 0.5) is 10.1 Å². The minimum atomic E-state index is -0.628. The van der Waals surface area contributed by atoms with Crippen LogP contribution in [0.25, 0.3) is 27.8 Å². The number of nitrogens with one attached hydrogen (secondary N) is 1. The number of phenolic OH excluding ortho intramolecular Hbond substituents is 1. The molecule has 2 aromatic heterocycles. The first-order valence-corrected chi connectivity index (χ1v) is 12.0. The lowest BCUT2D eigenvalue weighted by atomic mass is 9.97. The van der Waals surface area contributed by atoms with Crippen LogP contribution >= 0.6 is 0 Å². The SMILES string of the molecule is Cc1cc2c(cc1C)-n1c(-c3ccccc3F)c3c(=O)n(C)c(=O)n(C)c3c1[C@@H](c1ccccc1O)N2. The number of anilines is 1. The third kappa shape index (κ3) is 3.11. The van der Waals surface area contributed by atoms with E-state index < -0.39 is 23.1 Å². The minimum Gasteiger partial charge on any atom is -0.508 e. The maximum absolute atomic E-state index is 15.4. The van der Waals surface area contributed by atoms with Crippen LogP contribution in [-0.4, -0.2) is 18.8 Å². The Morgan fingerprint density at radius 2 is 1.59 bits per heavy atom. The van der Waals surface area contributed by atoms with E-state index in [0.29, 0.717) is 22.5 Å². The molecule has 0 bridgehead atoms. The van der Waals surface area contributed by atoms with E-state index >= 15 is 4.39 Å². The second-order valence-electron chi connectivity index (χ2n) is 9.57. The summed E-state index contributed by atoms with van der Waals surface area (Å²) in [6.45, 7) is 4.00. The van der Waals surface area contributed by atoms with Gasteiger partial charge in [0.25, 0.3) is 5.56 Å². The van der Waals surface area contributed by atoms with Gasteiger partial charge in [0.05, 0.1) is 39.7 Å². The quantitative estimate of drug-likeness (QED) is 0.372. The van der Waals surface area contributed by atoms with Gasteiger partial charge in [-0.25, -0.2) is 9.18 Å². The first-order valence-electron chi connectivity index (χ1n) is 12.0. The zero-order valence-corrected chi connectivity index (χ0v) is 20.8. The molecule has 0 unspecified atom stereocenters. The van der Waals surface area contributed by atoms with Gasteiger partial charge in [-0.1, -0.05) is 30.3 Å². The molecule has 0 fully saturated rings. The predicted molar refractivity (Wildman–Crippen MR) is 142 cm³/mol. The second kappa shape index (κ2) is 7.96. The highest BCUT2D eigenvalue weighted by Gasteiger charge is 2.36. The van der Waals surface area contributed by atoms with Gasteiger partial charge >= 0.3 is 5.69 Å². The third-order valence-electron chi connectivity index (χ3n) is 7.41. The topological polar surface area (TPSA) is 81.2 Å². The van der Waals surface area contributed by atoms with Crippen molar-refractivity contribution >= 4 is 16.6 Å². The first-order chi connectivity index (χ1) is 17.7. The number of nitrogens with zero attached hydrogens (tertiary/aromatic N) is 3. The fourth-order valence-electron chi connectivity index (χ4n) is 5.40. The second-order valence-corrected chi connectivity index (χ2v) is 9.57. The average Bonchev–Trinajstić information content (AvgIpc) is 3.24. The first kappa shape index (κ1) is 22.8. The van der Waals surface area contributed by atoms with Gasteiger partial charge < -0.3 is 15.0 Å². The van der Waals surface area contributed by atoms with Crippen LogP contribution in [0.3, 0.4) is 0 Å². The smallest absolute Gasteiger partial charge is 0.331 e. The highest BCUT2D eigenvalue weighted by atomic mass is 19.1. The van der Waals surface area contributed by atoms with E-state index in [1.54, 1.807) is 43.4 Å². The molecule has 0 amide bonds. The van der Waals surface area contributed by atoms with Gasteiger partial charge in [0.2, 0.25) is 0 Å². The largest absolute Gasteiger partial charge is 0.508 e. The van der Waals surface area contributed by atoms with Crippen LogP contribution in [0.2, 0.25) is 0 Å². The van der Waals surface area contributed by atoms with Crippen molar-refractivity contribution < 1.29 is 9.50 Å². The van der Waals surface area contributed by atoms with Gasteiger partial charge in [-0.2, -0.15) is 0 Å². The summed E-state index contributed by atoms with van der Waals surface area (Å²) in [4.78, 5) is 26.8. The molecule has 3 aromatic carbocycles. The molecule has 0 aliphatic carbocycles. The molecule has 1 aliphatic rings. The molecule has 6 rings (SSSR count). The fourth-order valence-corrected chi connectivity index (χ4v) is 5.40. The van der Waals surface area contributed by atoms with Crippen molar-refractivity contribution in [3.63, 3.8) is 0 Å². The lowest BCUT2D eigenvalue weighted by molar-refractivity contribution is 0.465.